The lowest BCUT2D eigenvalue weighted by molar-refractivity contribution is 0.0690. The minimum absolute atomic E-state index is 0.0983. The fourth-order valence-electron chi connectivity index (χ4n) is 1.89. The van der Waals surface area contributed by atoms with Crippen molar-refractivity contribution in [3.05, 3.63) is 41.2 Å². The molecule has 0 fully saturated rings. The molecule has 0 unspecified atom stereocenters. The van der Waals surface area contributed by atoms with E-state index in [0.717, 1.165) is 16.7 Å². The van der Waals surface area contributed by atoms with Crippen LogP contribution in [0.25, 0.3) is 11.1 Å². The topological polar surface area (TPSA) is 55.1 Å². The Morgan fingerprint density at radius 2 is 2.00 bits per heavy atom. The molecule has 0 aliphatic carbocycles. The van der Waals surface area contributed by atoms with Crippen LogP contribution in [-0.4, -0.2) is 20.9 Å². The van der Waals surface area contributed by atoms with Gasteiger partial charge in [-0.2, -0.15) is 5.10 Å². The van der Waals surface area contributed by atoms with Gasteiger partial charge in [0.15, 0.2) is 5.69 Å². The first-order valence-corrected chi connectivity index (χ1v) is 5.34. The van der Waals surface area contributed by atoms with Crippen LogP contribution in [-0.2, 0) is 7.05 Å². The summed E-state index contributed by atoms with van der Waals surface area (Å²) in [6.07, 6.45) is 1.74. The first-order valence-electron chi connectivity index (χ1n) is 5.34. The number of nitrogens with zero attached hydrogens (tertiary/aromatic N) is 2. The maximum absolute atomic E-state index is 11.1. The van der Waals surface area contributed by atoms with E-state index in [1.807, 2.05) is 32.0 Å². The Hall–Kier alpha value is -2.10. The summed E-state index contributed by atoms with van der Waals surface area (Å²) in [6, 6.07) is 5.86. The van der Waals surface area contributed by atoms with Gasteiger partial charge in [-0.15, -0.1) is 0 Å². The zero-order valence-corrected chi connectivity index (χ0v) is 10.1. The summed E-state index contributed by atoms with van der Waals surface area (Å²) in [6.45, 7) is 4.00. The highest BCUT2D eigenvalue weighted by Crippen LogP contribution is 2.27. The zero-order valence-electron chi connectivity index (χ0n) is 10.1. The Labute approximate surface area is 99.5 Å². The number of rotatable bonds is 2. The van der Waals surface area contributed by atoms with Crippen LogP contribution >= 0.6 is 0 Å². The van der Waals surface area contributed by atoms with Crippen LogP contribution in [0.3, 0.4) is 0 Å². The summed E-state index contributed by atoms with van der Waals surface area (Å²) >= 11 is 0. The third kappa shape index (κ3) is 1.93. The molecule has 0 spiro atoms. The lowest BCUT2D eigenvalue weighted by atomic mass is 9.97. The molecule has 0 aliphatic rings. The van der Waals surface area contributed by atoms with E-state index in [1.54, 1.807) is 13.2 Å². The molecule has 0 bridgehead atoms. The van der Waals surface area contributed by atoms with E-state index < -0.39 is 5.97 Å². The Kier molecular flexibility index (Phi) is 2.71. The molecule has 17 heavy (non-hydrogen) atoms. The van der Waals surface area contributed by atoms with Crippen molar-refractivity contribution in [3.63, 3.8) is 0 Å². The normalized spacial score (nSPS) is 10.5. The fraction of sp³-hybridized carbons (Fsp3) is 0.231. The molecule has 4 heteroatoms. The van der Waals surface area contributed by atoms with Gasteiger partial charge >= 0.3 is 5.97 Å². The molecule has 1 N–H and O–H groups in total. The number of aryl methyl sites for hydroxylation is 2. The maximum Gasteiger partial charge on any atom is 0.357 e. The fourth-order valence-corrected chi connectivity index (χ4v) is 1.89. The minimum Gasteiger partial charge on any atom is -0.476 e. The number of aromatic nitrogens is 2. The van der Waals surface area contributed by atoms with Crippen molar-refractivity contribution in [1.82, 2.24) is 9.78 Å². The summed E-state index contributed by atoms with van der Waals surface area (Å²) in [5, 5.41) is 13.1. The summed E-state index contributed by atoms with van der Waals surface area (Å²) < 4.78 is 1.53. The zero-order chi connectivity index (χ0) is 12.6. The van der Waals surface area contributed by atoms with E-state index in [1.165, 1.54) is 4.68 Å². The highest BCUT2D eigenvalue weighted by molar-refractivity contribution is 5.94. The summed E-state index contributed by atoms with van der Waals surface area (Å²) in [4.78, 5) is 11.1. The molecule has 0 radical (unpaired) electrons. The van der Waals surface area contributed by atoms with Crippen molar-refractivity contribution < 1.29 is 9.90 Å². The lowest BCUT2D eigenvalue weighted by Crippen LogP contribution is -2.01. The van der Waals surface area contributed by atoms with Crippen molar-refractivity contribution in [2.45, 2.75) is 13.8 Å². The van der Waals surface area contributed by atoms with Crippen LogP contribution in [0.2, 0.25) is 0 Å². The van der Waals surface area contributed by atoms with Crippen molar-refractivity contribution >= 4 is 5.97 Å². The number of carboxylic acid groups (broad SMARTS) is 1. The van der Waals surface area contributed by atoms with Crippen LogP contribution in [0.4, 0.5) is 0 Å². The Morgan fingerprint density at radius 1 is 1.29 bits per heavy atom. The number of hydrogen-bond acceptors (Lipinski definition) is 2. The standard InChI is InChI=1S/C13H14N2O2/c1-8-5-4-6-10(9(8)2)11-7-15(3)14-12(11)13(16)17/h4-7H,1-3H3,(H,16,17). The first-order chi connectivity index (χ1) is 8.00. The third-order valence-electron chi connectivity index (χ3n) is 2.93. The summed E-state index contributed by atoms with van der Waals surface area (Å²) in [7, 11) is 1.72. The number of carboxylic acids is 1. The number of aromatic carboxylic acids is 1. The van der Waals surface area contributed by atoms with Crippen molar-refractivity contribution in [2.75, 3.05) is 0 Å². The highest BCUT2D eigenvalue weighted by atomic mass is 16.4. The van der Waals surface area contributed by atoms with E-state index in [-0.39, 0.29) is 5.69 Å². The third-order valence-corrected chi connectivity index (χ3v) is 2.93. The van der Waals surface area contributed by atoms with Gasteiger partial charge in [-0.05, 0) is 30.5 Å². The second-order valence-corrected chi connectivity index (χ2v) is 4.12. The molecular formula is C13H14N2O2. The van der Waals surface area contributed by atoms with Crippen LogP contribution in [0.1, 0.15) is 21.6 Å². The predicted molar refractivity (Wildman–Crippen MR) is 65.1 cm³/mol. The predicted octanol–water partition coefficient (Wildman–Crippen LogP) is 2.40. The Balaban J connectivity index is 2.68. The average molecular weight is 230 g/mol. The lowest BCUT2D eigenvalue weighted by Gasteiger charge is -2.07. The van der Waals surface area contributed by atoms with E-state index >= 15 is 0 Å². The second kappa shape index (κ2) is 4.05. The monoisotopic (exact) mass is 230 g/mol. The molecule has 2 aromatic rings. The van der Waals surface area contributed by atoms with Gasteiger partial charge in [-0.1, -0.05) is 18.2 Å². The van der Waals surface area contributed by atoms with Gasteiger partial charge in [0.05, 0.1) is 0 Å². The van der Waals surface area contributed by atoms with Crippen LogP contribution in [0.5, 0.6) is 0 Å². The van der Waals surface area contributed by atoms with Crippen molar-refractivity contribution in [2.24, 2.45) is 7.05 Å². The number of benzene rings is 1. The molecule has 0 amide bonds. The van der Waals surface area contributed by atoms with Crippen molar-refractivity contribution in [3.8, 4) is 11.1 Å². The average Bonchev–Trinajstić information content (AvgIpc) is 2.64. The minimum atomic E-state index is -0.999. The molecule has 4 nitrogen and oxygen atoms in total. The molecule has 1 aromatic heterocycles. The first kappa shape index (κ1) is 11.4. The van der Waals surface area contributed by atoms with E-state index in [4.69, 9.17) is 5.11 Å². The summed E-state index contributed by atoms with van der Waals surface area (Å²) in [5.74, 6) is -0.999. The van der Waals surface area contributed by atoms with Crippen LogP contribution < -0.4 is 0 Å². The van der Waals surface area contributed by atoms with E-state index in [0.29, 0.717) is 5.56 Å². The van der Waals surface area contributed by atoms with Gasteiger partial charge < -0.3 is 5.11 Å². The number of carbonyl (C=O) groups is 1. The smallest absolute Gasteiger partial charge is 0.357 e. The maximum atomic E-state index is 11.1. The van der Waals surface area contributed by atoms with Gasteiger partial charge in [0.2, 0.25) is 0 Å². The quantitative estimate of drug-likeness (QED) is 0.861. The molecule has 88 valence electrons. The largest absolute Gasteiger partial charge is 0.476 e. The number of hydrogen-bond donors (Lipinski definition) is 1. The van der Waals surface area contributed by atoms with Gasteiger partial charge in [0.1, 0.15) is 0 Å². The Bertz CT molecular complexity index is 585. The molecule has 1 heterocycles. The molecular weight excluding hydrogens is 216 g/mol. The molecule has 0 aliphatic heterocycles. The molecule has 0 saturated heterocycles. The molecule has 0 atom stereocenters. The van der Waals surface area contributed by atoms with E-state index in [2.05, 4.69) is 5.10 Å². The van der Waals surface area contributed by atoms with E-state index in [9.17, 15) is 4.79 Å². The Morgan fingerprint density at radius 3 is 2.65 bits per heavy atom. The van der Waals surface area contributed by atoms with Crippen LogP contribution in [0, 0.1) is 13.8 Å². The van der Waals surface area contributed by atoms with Crippen molar-refractivity contribution in [1.29, 1.82) is 0 Å². The van der Waals surface area contributed by atoms with Crippen LogP contribution in [0.15, 0.2) is 24.4 Å². The van der Waals surface area contributed by atoms with Gasteiger partial charge in [-0.25, -0.2) is 4.79 Å². The molecule has 2 rings (SSSR count). The van der Waals surface area contributed by atoms with Gasteiger partial charge in [-0.3, -0.25) is 4.68 Å². The summed E-state index contributed by atoms with van der Waals surface area (Å²) in [5.41, 5.74) is 3.92. The second-order valence-electron chi connectivity index (χ2n) is 4.12. The SMILES string of the molecule is Cc1cccc(-c2cn(C)nc2C(=O)O)c1C. The van der Waals surface area contributed by atoms with Gasteiger partial charge in [0, 0.05) is 18.8 Å². The van der Waals surface area contributed by atoms with Gasteiger partial charge in [0.25, 0.3) is 0 Å². The molecule has 0 saturated carbocycles. The highest BCUT2D eigenvalue weighted by Gasteiger charge is 2.17. The molecule has 1 aromatic carbocycles.